The summed E-state index contributed by atoms with van der Waals surface area (Å²) in [6, 6.07) is 33.3. The summed E-state index contributed by atoms with van der Waals surface area (Å²) in [6.45, 7) is 4.12. The topological polar surface area (TPSA) is 239 Å². The number of carbonyl (C=O) groups excluding carboxylic acids is 8. The van der Waals surface area contributed by atoms with E-state index in [0.717, 1.165) is 22.3 Å². The number of unbranched alkanes of at least 4 members (excludes halogenated alkanes) is 2. The van der Waals surface area contributed by atoms with Crippen LogP contribution in [0, 0.1) is 35.5 Å². The monoisotopic (exact) mass is 1200 g/mol. The zero-order chi connectivity index (χ0) is 62.4. The molecular weight excluding hydrogens is 1110 g/mol. The highest BCUT2D eigenvalue weighted by atomic mass is 16.2. The molecule has 4 aliphatic rings. The van der Waals surface area contributed by atoms with Crippen molar-refractivity contribution in [2.45, 2.75) is 177 Å². The van der Waals surface area contributed by atoms with Gasteiger partial charge in [-0.2, -0.15) is 0 Å². The maximum Gasteiger partial charge on any atom is 0.246 e. The van der Waals surface area contributed by atoms with Crippen LogP contribution >= 0.6 is 0 Å². The van der Waals surface area contributed by atoms with E-state index in [1.165, 1.54) is 0 Å². The molecule has 18 heteroatoms. The van der Waals surface area contributed by atoms with Crippen molar-refractivity contribution in [2.24, 2.45) is 11.8 Å². The minimum atomic E-state index is -0.952. The molecule has 88 heavy (non-hydrogen) atoms. The first kappa shape index (κ1) is 65.7. The van der Waals surface area contributed by atoms with Crippen LogP contribution in [0.5, 0.6) is 0 Å². The summed E-state index contributed by atoms with van der Waals surface area (Å²) in [5.74, 6) is 8.74. The molecule has 0 spiro atoms. The lowest BCUT2D eigenvalue weighted by Gasteiger charge is -2.33. The Kier molecular flexibility index (Phi) is 24.7. The molecule has 0 bridgehead atoms. The van der Waals surface area contributed by atoms with Crippen molar-refractivity contribution in [3.8, 4) is 23.7 Å². The van der Waals surface area contributed by atoms with Crippen LogP contribution in [-0.4, -0.2) is 133 Å². The van der Waals surface area contributed by atoms with Crippen molar-refractivity contribution in [1.29, 1.82) is 0 Å². The van der Waals surface area contributed by atoms with Crippen LogP contribution in [0.1, 0.15) is 151 Å². The molecule has 4 saturated heterocycles. The van der Waals surface area contributed by atoms with Gasteiger partial charge in [0.05, 0.1) is 24.2 Å². The van der Waals surface area contributed by atoms with Crippen molar-refractivity contribution in [1.82, 2.24) is 52.3 Å². The third-order valence-corrected chi connectivity index (χ3v) is 18.0. The number of nitrogens with one attached hydrogen (secondary N) is 8. The van der Waals surface area contributed by atoms with Crippen LogP contribution in [0.2, 0.25) is 0 Å². The van der Waals surface area contributed by atoms with E-state index in [4.69, 9.17) is 0 Å². The van der Waals surface area contributed by atoms with E-state index in [0.29, 0.717) is 89.9 Å². The lowest BCUT2D eigenvalue weighted by atomic mass is 9.92. The minimum Gasteiger partial charge on any atom is -0.356 e. The number of amides is 8. The zero-order valence-electron chi connectivity index (χ0n) is 51.4. The van der Waals surface area contributed by atoms with Crippen molar-refractivity contribution in [2.75, 3.05) is 27.2 Å². The maximum absolute atomic E-state index is 14.8. The fourth-order valence-corrected chi connectivity index (χ4v) is 13.1. The van der Waals surface area contributed by atoms with Crippen molar-refractivity contribution in [3.63, 3.8) is 0 Å². The van der Waals surface area contributed by atoms with Gasteiger partial charge in [0.25, 0.3) is 0 Å². The van der Waals surface area contributed by atoms with Crippen LogP contribution in [0.4, 0.5) is 0 Å². The molecule has 4 aliphatic heterocycles. The summed E-state index contributed by atoms with van der Waals surface area (Å²) in [5, 5.41) is 24.7. The number of fused-ring (bicyclic) bond motifs is 2. The second-order valence-electron chi connectivity index (χ2n) is 23.6. The molecule has 10 atom stereocenters. The molecule has 466 valence electrons. The molecule has 4 aromatic carbocycles. The Hall–Kier alpha value is -8.32. The number of likely N-dealkylation sites (N-methyl/N-ethyl adjacent to an activating group) is 2. The van der Waals surface area contributed by atoms with Crippen molar-refractivity contribution in [3.05, 3.63) is 144 Å². The zero-order valence-corrected chi connectivity index (χ0v) is 51.4. The second kappa shape index (κ2) is 33.1. The van der Waals surface area contributed by atoms with E-state index in [9.17, 15) is 38.4 Å². The molecule has 8 amide bonds. The Morgan fingerprint density at radius 1 is 0.477 bits per heavy atom. The predicted octanol–water partition coefficient (Wildman–Crippen LogP) is 5.88. The number of benzene rings is 4. The van der Waals surface area contributed by atoms with Gasteiger partial charge in [0.2, 0.25) is 47.3 Å². The van der Waals surface area contributed by atoms with Gasteiger partial charge in [-0.15, -0.1) is 0 Å². The second-order valence-corrected chi connectivity index (χ2v) is 23.6. The number of nitrogens with zero attached hydrogens (tertiary/aromatic N) is 2. The van der Waals surface area contributed by atoms with Gasteiger partial charge in [-0.1, -0.05) is 147 Å². The average molecular weight is 1200 g/mol. The largest absolute Gasteiger partial charge is 0.356 e. The van der Waals surface area contributed by atoms with E-state index in [-0.39, 0.29) is 85.3 Å². The van der Waals surface area contributed by atoms with Crippen LogP contribution in [0.15, 0.2) is 121 Å². The van der Waals surface area contributed by atoms with Crippen LogP contribution in [-0.2, 0) is 38.4 Å². The predicted molar refractivity (Wildman–Crippen MR) is 338 cm³/mol. The smallest absolute Gasteiger partial charge is 0.246 e. The summed E-state index contributed by atoms with van der Waals surface area (Å²) >= 11 is 0. The normalized spacial score (nSPS) is 22.0. The van der Waals surface area contributed by atoms with Gasteiger partial charge in [0.15, 0.2) is 0 Å². The molecule has 0 aliphatic carbocycles. The number of rotatable bonds is 26. The van der Waals surface area contributed by atoms with Crippen molar-refractivity contribution < 1.29 is 38.4 Å². The van der Waals surface area contributed by atoms with Gasteiger partial charge in [-0.05, 0) is 125 Å². The maximum atomic E-state index is 14.8. The summed E-state index contributed by atoms with van der Waals surface area (Å²) in [4.78, 5) is 115. The lowest BCUT2D eigenvalue weighted by Crippen LogP contribution is -2.59. The SMILES string of the molecule is CCC(NC)C(=O)NC1C(=O)N2C(CCC1CNC(=O)CCCC#CC#CCCCC(=O)NCC1CCC3CCC(C(=O)NC(c4ccccc4)c4ccccc4)N3C(=O)C1NC(=O)C(CC)NC)CCC2C(=O)NC(c1ccccc1)c1ccccc1. The summed E-state index contributed by atoms with van der Waals surface area (Å²) < 4.78 is 0. The van der Waals surface area contributed by atoms with Crippen LogP contribution in [0.3, 0.4) is 0 Å². The van der Waals surface area contributed by atoms with Crippen LogP contribution < -0.4 is 42.5 Å². The fourth-order valence-electron chi connectivity index (χ4n) is 13.1. The lowest BCUT2D eigenvalue weighted by molar-refractivity contribution is -0.143. The van der Waals surface area contributed by atoms with Gasteiger partial charge in [-0.3, -0.25) is 38.4 Å². The Balaban J connectivity index is 0.792. The summed E-state index contributed by atoms with van der Waals surface area (Å²) in [7, 11) is 3.40. The molecule has 4 aromatic rings. The summed E-state index contributed by atoms with van der Waals surface area (Å²) in [6.07, 6.45) is 7.88. The number of hydrogen-bond donors (Lipinski definition) is 8. The third-order valence-electron chi connectivity index (χ3n) is 18.0. The fraction of sp³-hybridized carbons (Fsp3) is 0.486. The Morgan fingerprint density at radius 2 is 0.807 bits per heavy atom. The summed E-state index contributed by atoms with van der Waals surface area (Å²) in [5.41, 5.74) is 3.68. The molecule has 8 N–H and O–H groups in total. The van der Waals surface area contributed by atoms with E-state index in [2.05, 4.69) is 66.2 Å². The molecule has 18 nitrogen and oxygen atoms in total. The first-order valence-corrected chi connectivity index (χ1v) is 31.7. The molecule has 10 unspecified atom stereocenters. The molecular formula is C70H88N10O8. The Labute approximate surface area is 519 Å². The van der Waals surface area contributed by atoms with Crippen LogP contribution in [0.25, 0.3) is 0 Å². The highest BCUT2D eigenvalue weighted by Crippen LogP contribution is 2.37. The average Bonchev–Trinajstić information content (AvgIpc) is 2.75. The highest BCUT2D eigenvalue weighted by Gasteiger charge is 2.50. The molecule has 8 rings (SSSR count). The van der Waals surface area contributed by atoms with E-state index < -0.39 is 60.2 Å². The van der Waals surface area contributed by atoms with Gasteiger partial charge in [0, 0.05) is 62.7 Å². The highest BCUT2D eigenvalue weighted by molar-refractivity contribution is 5.96. The van der Waals surface area contributed by atoms with E-state index in [1.54, 1.807) is 23.9 Å². The number of carbonyl (C=O) groups is 8. The first-order chi connectivity index (χ1) is 42.8. The van der Waals surface area contributed by atoms with Gasteiger partial charge < -0.3 is 52.3 Å². The van der Waals surface area contributed by atoms with E-state index >= 15 is 0 Å². The standard InChI is InChI=1S/C70H88N10O8/c1-5-55(71-3)65(83)77-63-51(37-39-53-41-43-57(79(53)69(63)87)67(85)75-61(47-27-17-13-18-28-47)48-29-19-14-20-30-48)45-73-59(81)35-25-11-9-7-8-10-12-26-36-60(82)74-46-52-38-40-54-42-44-58(80(54)70(88)64(52)78-66(84)56(6-2)72-4)68(86)76-62(49-31-21-15-22-32-49)50-33-23-16-24-34-50/h13-24,27-34,51-58,61-64,71-72H,5-6,11-12,25-26,35-46H2,1-4H3,(H,73,81)(H,74,82)(H,75,85)(H,76,86)(H,77,83)(H,78,84). The molecule has 0 saturated carbocycles. The Bertz CT molecular complexity index is 2830. The van der Waals surface area contributed by atoms with E-state index in [1.807, 2.05) is 135 Å². The minimum absolute atomic E-state index is 0.172. The third kappa shape index (κ3) is 17.3. The van der Waals surface area contributed by atoms with Crippen molar-refractivity contribution >= 4 is 47.3 Å². The molecule has 0 aromatic heterocycles. The molecule has 4 fully saturated rings. The van der Waals surface area contributed by atoms with Gasteiger partial charge >= 0.3 is 0 Å². The molecule has 0 radical (unpaired) electrons. The first-order valence-electron chi connectivity index (χ1n) is 31.7. The van der Waals surface area contributed by atoms with Gasteiger partial charge in [0.1, 0.15) is 24.2 Å². The molecule has 4 heterocycles. The Morgan fingerprint density at radius 3 is 1.12 bits per heavy atom. The quantitative estimate of drug-likeness (QED) is 0.0274. The number of hydrogen-bond acceptors (Lipinski definition) is 10. The van der Waals surface area contributed by atoms with Gasteiger partial charge in [-0.25, -0.2) is 0 Å².